The van der Waals surface area contributed by atoms with E-state index in [1.807, 2.05) is 20.9 Å². The number of aromatic amines is 1. The van der Waals surface area contributed by atoms with Gasteiger partial charge >= 0.3 is 0 Å². The van der Waals surface area contributed by atoms with E-state index in [2.05, 4.69) is 46.0 Å². The first-order chi connectivity index (χ1) is 21.1. The maximum Gasteiger partial charge on any atom is 0.277 e. The Hall–Kier alpha value is -4.13. The smallest absolute Gasteiger partial charge is 0.277 e. The van der Waals surface area contributed by atoms with Crippen molar-refractivity contribution in [3.05, 3.63) is 70.3 Å². The van der Waals surface area contributed by atoms with Crippen LogP contribution in [0.5, 0.6) is 0 Å². The van der Waals surface area contributed by atoms with E-state index in [1.54, 1.807) is 48.4 Å². The number of fused-ring (bicyclic) bond motifs is 1. The summed E-state index contributed by atoms with van der Waals surface area (Å²) in [5, 5.41) is 22.9. The number of aliphatic hydroxyl groups excluding tert-OH is 2. The lowest BCUT2D eigenvalue weighted by atomic mass is 10.1. The molecule has 7 N–H and O–H groups in total. The van der Waals surface area contributed by atoms with Gasteiger partial charge in [-0.3, -0.25) is 19.5 Å². The largest absolute Gasteiger partial charge is 0.400 e. The number of rotatable bonds is 13. The van der Waals surface area contributed by atoms with Crippen LogP contribution in [-0.2, 0) is 11.3 Å². The first kappa shape index (κ1) is 39.9. The molecule has 3 rings (SSSR count). The zero-order valence-electron chi connectivity index (χ0n) is 27.2. The molecular formula is C32H51N7O5. The lowest BCUT2D eigenvalue weighted by Crippen LogP contribution is -2.36. The van der Waals surface area contributed by atoms with Gasteiger partial charge in [-0.05, 0) is 63.1 Å². The van der Waals surface area contributed by atoms with Gasteiger partial charge in [-0.1, -0.05) is 40.7 Å². The molecule has 2 unspecified atom stereocenters. The number of nitrogen functional groups attached to an aromatic ring is 1. The van der Waals surface area contributed by atoms with Crippen molar-refractivity contribution in [2.45, 2.75) is 79.1 Å². The van der Waals surface area contributed by atoms with Gasteiger partial charge in [-0.25, -0.2) is 4.98 Å². The van der Waals surface area contributed by atoms with Gasteiger partial charge in [0.05, 0.1) is 30.0 Å². The summed E-state index contributed by atoms with van der Waals surface area (Å²) in [6, 6.07) is 7.77. The van der Waals surface area contributed by atoms with Crippen LogP contribution < -0.4 is 21.9 Å². The van der Waals surface area contributed by atoms with Crippen LogP contribution in [0.3, 0.4) is 0 Å². The number of aliphatic hydroxyl groups is 2. The number of nitrogens with zero attached hydrogens (tertiary/aromatic N) is 3. The summed E-state index contributed by atoms with van der Waals surface area (Å²) in [6.45, 7) is 14.7. The third kappa shape index (κ3) is 13.9. The van der Waals surface area contributed by atoms with Crippen molar-refractivity contribution < 1.29 is 19.8 Å². The van der Waals surface area contributed by atoms with Gasteiger partial charge in [0.15, 0.2) is 5.52 Å². The fourth-order valence-electron chi connectivity index (χ4n) is 3.75. The van der Waals surface area contributed by atoms with Crippen LogP contribution in [0.1, 0.15) is 76.4 Å². The lowest BCUT2D eigenvalue weighted by molar-refractivity contribution is -0.109. The molecule has 0 aliphatic carbocycles. The molecule has 0 spiro atoms. The van der Waals surface area contributed by atoms with E-state index in [0.717, 1.165) is 31.9 Å². The van der Waals surface area contributed by atoms with Crippen molar-refractivity contribution in [3.8, 4) is 0 Å². The number of nitrogens with one attached hydrogen (secondary N) is 3. The van der Waals surface area contributed by atoms with Crippen LogP contribution in [0, 0.1) is 0 Å². The molecule has 244 valence electrons. The summed E-state index contributed by atoms with van der Waals surface area (Å²) in [5.41, 5.74) is 8.27. The molecule has 0 bridgehead atoms. The number of hydrogen-bond donors (Lipinski definition) is 6. The Morgan fingerprint density at radius 2 is 1.80 bits per heavy atom. The predicted molar refractivity (Wildman–Crippen MR) is 178 cm³/mol. The van der Waals surface area contributed by atoms with Crippen molar-refractivity contribution >= 4 is 34.7 Å². The van der Waals surface area contributed by atoms with Crippen molar-refractivity contribution in [1.82, 2.24) is 25.2 Å². The van der Waals surface area contributed by atoms with Crippen LogP contribution in [0.4, 0.5) is 11.5 Å². The molecule has 1 aromatic carbocycles. The SMILES string of the molecule is C=C(C)C(O)N(C)CCCCC(C=O)NC(=O)c1ccc(NCc2cnc3cc(N)[nH]c(=O)c3n2)cc1.CC.CCC.CO. The van der Waals surface area contributed by atoms with E-state index in [9.17, 15) is 19.5 Å². The van der Waals surface area contributed by atoms with E-state index in [1.165, 1.54) is 6.42 Å². The first-order valence-corrected chi connectivity index (χ1v) is 14.8. The Kier molecular flexibility index (Phi) is 20.3. The Labute approximate surface area is 260 Å². The minimum Gasteiger partial charge on any atom is -0.400 e. The quantitative estimate of drug-likeness (QED) is 0.0715. The maximum atomic E-state index is 12.6. The molecule has 0 aliphatic rings. The molecule has 0 aliphatic heterocycles. The summed E-state index contributed by atoms with van der Waals surface area (Å²) in [6.07, 6.45) is 4.86. The molecule has 0 saturated carbocycles. The van der Waals surface area contributed by atoms with E-state index in [0.29, 0.717) is 41.9 Å². The van der Waals surface area contributed by atoms with E-state index in [4.69, 9.17) is 10.8 Å². The number of anilines is 2. The summed E-state index contributed by atoms with van der Waals surface area (Å²) < 4.78 is 0. The predicted octanol–water partition coefficient (Wildman–Crippen LogP) is 3.86. The summed E-state index contributed by atoms with van der Waals surface area (Å²) in [7, 11) is 2.81. The highest BCUT2D eigenvalue weighted by Crippen LogP contribution is 2.13. The number of H-pyrrole nitrogens is 1. The fourth-order valence-corrected chi connectivity index (χ4v) is 3.75. The second-order valence-corrected chi connectivity index (χ2v) is 9.70. The zero-order valence-corrected chi connectivity index (χ0v) is 27.2. The number of amides is 1. The molecule has 2 aromatic heterocycles. The zero-order chi connectivity index (χ0) is 33.7. The number of unbranched alkanes of at least 4 members (excludes halogenated alkanes) is 1. The average molecular weight is 614 g/mol. The molecule has 0 saturated heterocycles. The van der Waals surface area contributed by atoms with E-state index < -0.39 is 17.8 Å². The second-order valence-electron chi connectivity index (χ2n) is 9.70. The second kappa shape index (κ2) is 22.4. The minimum absolute atomic E-state index is 0.210. The normalized spacial score (nSPS) is 11.4. The highest BCUT2D eigenvalue weighted by Gasteiger charge is 2.15. The lowest BCUT2D eigenvalue weighted by Gasteiger charge is -2.23. The number of carbonyl (C=O) groups excluding carboxylic acids is 2. The summed E-state index contributed by atoms with van der Waals surface area (Å²) in [4.78, 5) is 49.0. The van der Waals surface area contributed by atoms with Crippen molar-refractivity contribution in [2.24, 2.45) is 0 Å². The molecule has 44 heavy (non-hydrogen) atoms. The topological polar surface area (TPSA) is 187 Å². The van der Waals surface area contributed by atoms with Crippen LogP contribution in [0.25, 0.3) is 11.0 Å². The molecule has 3 aromatic rings. The van der Waals surface area contributed by atoms with Gasteiger partial charge in [-0.2, -0.15) is 0 Å². The number of carbonyl (C=O) groups is 2. The Balaban J connectivity index is 0.00000244. The van der Waals surface area contributed by atoms with Crippen LogP contribution in [0.2, 0.25) is 0 Å². The molecule has 1 amide bonds. The number of nitrogens with two attached hydrogens (primary N) is 1. The number of aromatic nitrogens is 3. The van der Waals surface area contributed by atoms with Crippen molar-refractivity contribution in [1.29, 1.82) is 0 Å². The Bertz CT molecular complexity index is 1330. The van der Waals surface area contributed by atoms with Crippen LogP contribution in [-0.4, -0.2) is 75.2 Å². The number of benzene rings is 1. The molecule has 2 atom stereocenters. The Morgan fingerprint density at radius 3 is 2.36 bits per heavy atom. The highest BCUT2D eigenvalue weighted by molar-refractivity contribution is 5.95. The number of pyridine rings is 1. The van der Waals surface area contributed by atoms with Crippen LogP contribution >= 0.6 is 0 Å². The average Bonchev–Trinajstić information content (AvgIpc) is 3.03. The highest BCUT2D eigenvalue weighted by atomic mass is 16.3. The van der Waals surface area contributed by atoms with Gasteiger partial charge in [0.2, 0.25) is 0 Å². The van der Waals surface area contributed by atoms with Gasteiger partial charge in [-0.15, -0.1) is 0 Å². The fraction of sp³-hybridized carbons (Fsp3) is 0.469. The number of aldehydes is 1. The third-order valence-electron chi connectivity index (χ3n) is 5.85. The van der Waals surface area contributed by atoms with Crippen molar-refractivity contribution in [3.63, 3.8) is 0 Å². The van der Waals surface area contributed by atoms with Gasteiger partial charge < -0.3 is 36.4 Å². The number of likely N-dealkylation sites (N-methyl/N-ethyl adjacent to an activating group) is 1. The van der Waals surface area contributed by atoms with Crippen molar-refractivity contribution in [2.75, 3.05) is 31.8 Å². The standard InChI is InChI=1S/C26H33N7O4.C3H8.C2H6.CH4O/c1-16(2)26(37)33(3)11-5-4-6-19(15-34)31-24(35)17-7-9-18(10-8-17)28-13-20-14-29-21-12-22(27)32-25(36)23(21)30-20;1-3-2;2*1-2/h7-10,12,14-15,19,26,28,37H,1,4-6,11,13H2,2-3H3,(H,31,35)(H3,27,32,36);3H2,1-2H3;1-2H3;2H,1H3. The van der Waals surface area contributed by atoms with Gasteiger partial charge in [0.1, 0.15) is 18.3 Å². The maximum absolute atomic E-state index is 12.6. The van der Waals surface area contributed by atoms with Crippen LogP contribution in [0.15, 0.2) is 53.5 Å². The summed E-state index contributed by atoms with van der Waals surface area (Å²) in [5.74, 6) is -0.110. The van der Waals surface area contributed by atoms with Gasteiger partial charge in [0.25, 0.3) is 11.5 Å². The molecule has 12 heteroatoms. The van der Waals surface area contributed by atoms with Gasteiger partial charge in [0, 0.05) is 31.0 Å². The molecule has 0 fully saturated rings. The minimum atomic E-state index is -0.691. The Morgan fingerprint density at radius 1 is 1.18 bits per heavy atom. The molecule has 0 radical (unpaired) electrons. The first-order valence-electron chi connectivity index (χ1n) is 14.8. The number of hydrogen-bond acceptors (Lipinski definition) is 10. The van der Waals surface area contributed by atoms with E-state index >= 15 is 0 Å². The molecular weight excluding hydrogens is 562 g/mol. The van der Waals surface area contributed by atoms with E-state index in [-0.39, 0.29) is 17.2 Å². The molecule has 12 nitrogen and oxygen atoms in total. The summed E-state index contributed by atoms with van der Waals surface area (Å²) >= 11 is 0. The third-order valence-corrected chi connectivity index (χ3v) is 5.85. The molecule has 2 heterocycles. The monoisotopic (exact) mass is 613 g/mol.